The maximum absolute atomic E-state index is 12.9. The van der Waals surface area contributed by atoms with E-state index in [0.717, 1.165) is 16.9 Å². The number of rotatable bonds is 6. The lowest BCUT2D eigenvalue weighted by Crippen LogP contribution is -2.15. The number of hydrogen-bond acceptors (Lipinski definition) is 7. The second kappa shape index (κ2) is 8.13. The van der Waals surface area contributed by atoms with Crippen LogP contribution in [0.25, 0.3) is 10.4 Å². The molecule has 0 atom stereocenters. The predicted octanol–water partition coefficient (Wildman–Crippen LogP) is 4.80. The third kappa shape index (κ3) is 4.58. The highest BCUT2D eigenvalue weighted by Crippen LogP contribution is 2.42. The Labute approximate surface area is 175 Å². The molecular formula is C19H16N2O7S2. The van der Waals surface area contributed by atoms with Crippen LogP contribution < -0.4 is 9.46 Å². The molecule has 156 valence electrons. The molecule has 3 aromatic rings. The van der Waals surface area contributed by atoms with Crippen LogP contribution >= 0.6 is 11.3 Å². The number of carboxylic acid groups (broad SMARTS) is 1. The number of aryl methyl sites for hydroxylation is 2. The smallest absolute Gasteiger partial charge is 0.449 e. The van der Waals surface area contributed by atoms with Crippen LogP contribution in [0, 0.1) is 24.0 Å². The summed E-state index contributed by atoms with van der Waals surface area (Å²) in [5.74, 6) is 0. The van der Waals surface area contributed by atoms with E-state index >= 15 is 0 Å². The fourth-order valence-corrected chi connectivity index (χ4v) is 5.10. The molecule has 0 bridgehead atoms. The SMILES string of the molecule is Cc1ccc(C)c(S(=O)(=O)Nc2cc(-c3ccc([N+](=O)[O-])cc3)sc2OC(=O)O)c1. The summed E-state index contributed by atoms with van der Waals surface area (Å²) < 4.78 is 32.9. The lowest BCUT2D eigenvalue weighted by atomic mass is 10.2. The van der Waals surface area contributed by atoms with Crippen molar-refractivity contribution in [2.45, 2.75) is 18.7 Å². The van der Waals surface area contributed by atoms with Gasteiger partial charge in [0.2, 0.25) is 5.06 Å². The Bertz CT molecular complexity index is 1230. The fraction of sp³-hybridized carbons (Fsp3) is 0.105. The van der Waals surface area contributed by atoms with Gasteiger partial charge in [-0.25, -0.2) is 13.2 Å². The number of nitrogens with one attached hydrogen (secondary N) is 1. The van der Waals surface area contributed by atoms with Crippen molar-refractivity contribution in [2.75, 3.05) is 4.72 Å². The van der Waals surface area contributed by atoms with E-state index < -0.39 is 21.1 Å². The van der Waals surface area contributed by atoms with Crippen molar-refractivity contribution in [2.24, 2.45) is 0 Å². The molecule has 0 radical (unpaired) electrons. The second-order valence-electron chi connectivity index (χ2n) is 6.36. The molecule has 9 nitrogen and oxygen atoms in total. The lowest BCUT2D eigenvalue weighted by Gasteiger charge is -2.11. The van der Waals surface area contributed by atoms with E-state index in [1.165, 1.54) is 36.4 Å². The summed E-state index contributed by atoms with van der Waals surface area (Å²) in [5, 5.41) is 19.7. The van der Waals surface area contributed by atoms with Crippen LogP contribution in [0.15, 0.2) is 53.4 Å². The summed E-state index contributed by atoms with van der Waals surface area (Å²) in [6, 6.07) is 12.0. The molecule has 0 aliphatic carbocycles. The zero-order valence-electron chi connectivity index (χ0n) is 15.8. The highest BCUT2D eigenvalue weighted by atomic mass is 32.2. The topological polar surface area (TPSA) is 136 Å². The minimum Gasteiger partial charge on any atom is -0.449 e. The Morgan fingerprint density at radius 1 is 1.13 bits per heavy atom. The zero-order valence-corrected chi connectivity index (χ0v) is 17.4. The monoisotopic (exact) mass is 448 g/mol. The fourth-order valence-electron chi connectivity index (χ4n) is 2.69. The Morgan fingerprint density at radius 3 is 2.40 bits per heavy atom. The van der Waals surface area contributed by atoms with Crippen molar-refractivity contribution in [3.63, 3.8) is 0 Å². The number of anilines is 1. The third-order valence-electron chi connectivity index (χ3n) is 4.12. The molecule has 2 N–H and O–H groups in total. The van der Waals surface area contributed by atoms with Crippen molar-refractivity contribution in [1.29, 1.82) is 0 Å². The molecule has 3 rings (SSSR count). The summed E-state index contributed by atoms with van der Waals surface area (Å²) >= 11 is 0.899. The van der Waals surface area contributed by atoms with Gasteiger partial charge in [-0.1, -0.05) is 23.5 Å². The van der Waals surface area contributed by atoms with Crippen LogP contribution in [0.4, 0.5) is 16.2 Å². The van der Waals surface area contributed by atoms with Gasteiger partial charge >= 0.3 is 6.16 Å². The van der Waals surface area contributed by atoms with Gasteiger partial charge in [-0.3, -0.25) is 14.8 Å². The van der Waals surface area contributed by atoms with E-state index in [1.54, 1.807) is 26.0 Å². The molecule has 0 saturated carbocycles. The second-order valence-corrected chi connectivity index (χ2v) is 9.02. The van der Waals surface area contributed by atoms with Gasteiger partial charge in [0.15, 0.2) is 0 Å². The highest BCUT2D eigenvalue weighted by molar-refractivity contribution is 7.92. The standard InChI is InChI=1S/C19H16N2O7S2/c1-11-3-4-12(2)17(9-11)30(26,27)20-15-10-16(29-18(15)28-19(22)23)13-5-7-14(8-6-13)21(24)25/h3-10,20H,1-2H3,(H,22,23). The maximum Gasteiger partial charge on any atom is 0.512 e. The molecule has 11 heteroatoms. The van der Waals surface area contributed by atoms with Gasteiger partial charge < -0.3 is 9.84 Å². The van der Waals surface area contributed by atoms with Crippen LogP contribution in [0.1, 0.15) is 11.1 Å². The zero-order chi connectivity index (χ0) is 22.1. The van der Waals surface area contributed by atoms with E-state index in [9.17, 15) is 23.3 Å². The van der Waals surface area contributed by atoms with Crippen LogP contribution in [-0.4, -0.2) is 24.6 Å². The first-order valence-corrected chi connectivity index (χ1v) is 10.8. The lowest BCUT2D eigenvalue weighted by molar-refractivity contribution is -0.384. The molecule has 1 aromatic heterocycles. The van der Waals surface area contributed by atoms with E-state index in [-0.39, 0.29) is 21.3 Å². The number of carbonyl (C=O) groups is 1. The Kier molecular flexibility index (Phi) is 5.76. The van der Waals surface area contributed by atoms with Gasteiger partial charge in [-0.2, -0.15) is 0 Å². The minimum absolute atomic E-state index is 0.0448. The first-order valence-electron chi connectivity index (χ1n) is 8.46. The molecule has 0 aliphatic heterocycles. The van der Waals surface area contributed by atoms with Crippen LogP contribution in [0.2, 0.25) is 0 Å². The number of nitrogens with zero attached hydrogens (tertiary/aromatic N) is 1. The molecule has 0 saturated heterocycles. The first kappa shape index (κ1) is 21.3. The summed E-state index contributed by atoms with van der Waals surface area (Å²) in [4.78, 5) is 21.9. The molecule has 1 heterocycles. The average molecular weight is 448 g/mol. The van der Waals surface area contributed by atoms with Crippen molar-refractivity contribution in [1.82, 2.24) is 0 Å². The number of ether oxygens (including phenoxy) is 1. The third-order valence-corrected chi connectivity index (χ3v) is 6.69. The Hall–Kier alpha value is -3.44. The summed E-state index contributed by atoms with van der Waals surface area (Å²) in [5.41, 5.74) is 1.67. The van der Waals surface area contributed by atoms with Gasteiger partial charge in [0.25, 0.3) is 15.7 Å². The number of thiophene rings is 1. The molecule has 2 aromatic carbocycles. The Balaban J connectivity index is 2.02. The van der Waals surface area contributed by atoms with E-state index in [1.807, 2.05) is 0 Å². The normalized spacial score (nSPS) is 11.1. The van der Waals surface area contributed by atoms with E-state index in [2.05, 4.69) is 4.72 Å². The van der Waals surface area contributed by atoms with E-state index in [0.29, 0.717) is 16.0 Å². The number of nitro groups is 1. The predicted molar refractivity (Wildman–Crippen MR) is 112 cm³/mol. The maximum atomic E-state index is 12.9. The first-order chi connectivity index (χ1) is 14.1. The van der Waals surface area contributed by atoms with Gasteiger partial charge in [0.1, 0.15) is 5.69 Å². The summed E-state index contributed by atoms with van der Waals surface area (Å²) in [6.45, 7) is 3.41. The van der Waals surface area contributed by atoms with Crippen molar-refractivity contribution in [3.05, 3.63) is 69.8 Å². The Morgan fingerprint density at radius 2 is 1.80 bits per heavy atom. The molecule has 0 spiro atoms. The van der Waals surface area contributed by atoms with Crippen molar-refractivity contribution < 1.29 is 28.0 Å². The van der Waals surface area contributed by atoms with E-state index in [4.69, 9.17) is 9.84 Å². The highest BCUT2D eigenvalue weighted by Gasteiger charge is 2.23. The van der Waals surface area contributed by atoms with Crippen LogP contribution in [0.3, 0.4) is 0 Å². The quantitative estimate of drug-likeness (QED) is 0.314. The molecule has 0 amide bonds. The molecular weight excluding hydrogens is 432 g/mol. The number of hydrogen-bond donors (Lipinski definition) is 2. The van der Waals surface area contributed by atoms with Crippen molar-refractivity contribution in [3.8, 4) is 15.5 Å². The number of benzene rings is 2. The van der Waals surface area contributed by atoms with Gasteiger partial charge in [0.05, 0.1) is 9.82 Å². The summed E-state index contributed by atoms with van der Waals surface area (Å²) in [6.07, 6.45) is -1.60. The van der Waals surface area contributed by atoms with Crippen LogP contribution in [-0.2, 0) is 10.0 Å². The molecule has 30 heavy (non-hydrogen) atoms. The summed E-state index contributed by atoms with van der Waals surface area (Å²) in [7, 11) is -4.02. The number of sulfonamides is 1. The van der Waals surface area contributed by atoms with Crippen LogP contribution in [0.5, 0.6) is 5.06 Å². The minimum atomic E-state index is -4.02. The molecule has 0 aliphatic rings. The van der Waals surface area contributed by atoms with Gasteiger partial charge in [-0.15, -0.1) is 0 Å². The van der Waals surface area contributed by atoms with Gasteiger partial charge in [-0.05, 0) is 54.8 Å². The number of non-ortho nitro benzene ring substituents is 1. The number of nitro benzene ring substituents is 1. The largest absolute Gasteiger partial charge is 0.512 e. The average Bonchev–Trinajstić information content (AvgIpc) is 3.04. The van der Waals surface area contributed by atoms with Crippen molar-refractivity contribution >= 4 is 38.9 Å². The van der Waals surface area contributed by atoms with Gasteiger partial charge in [0, 0.05) is 17.0 Å². The molecule has 0 unspecified atom stereocenters. The molecule has 0 fully saturated rings.